The van der Waals surface area contributed by atoms with E-state index in [1.54, 1.807) is 11.6 Å². The van der Waals surface area contributed by atoms with Gasteiger partial charge >= 0.3 is 0 Å². The van der Waals surface area contributed by atoms with Crippen LogP contribution in [0.1, 0.15) is 46.9 Å². The monoisotopic (exact) mass is 396 g/mol. The van der Waals surface area contributed by atoms with Crippen molar-refractivity contribution in [3.8, 4) is 11.5 Å². The molecule has 0 unspecified atom stereocenters. The minimum Gasteiger partial charge on any atom is -0.454 e. The van der Waals surface area contributed by atoms with Crippen LogP contribution in [0.15, 0.2) is 29.1 Å². The van der Waals surface area contributed by atoms with Gasteiger partial charge in [0, 0.05) is 25.8 Å². The number of carbonyl (C=O) groups excluding carboxylic acids is 1. The number of ether oxygens (including phenoxy) is 2. The minimum absolute atomic E-state index is 0.0502. The van der Waals surface area contributed by atoms with Crippen LogP contribution in [-0.2, 0) is 13.5 Å². The third-order valence-corrected chi connectivity index (χ3v) is 6.22. The molecule has 1 aromatic heterocycles. The number of likely N-dealkylation sites (tertiary alicyclic amines) is 1. The highest BCUT2D eigenvalue weighted by atomic mass is 16.7. The molecule has 4 rings (SSSR count). The Morgan fingerprint density at radius 2 is 1.93 bits per heavy atom. The number of rotatable bonds is 3. The van der Waals surface area contributed by atoms with Crippen molar-refractivity contribution in [1.82, 2.24) is 9.47 Å². The highest BCUT2D eigenvalue weighted by Gasteiger charge is 2.35. The maximum Gasteiger partial charge on any atom is 0.263 e. The second kappa shape index (κ2) is 7.25. The number of amides is 1. The summed E-state index contributed by atoms with van der Waals surface area (Å²) in [5, 5.41) is 0. The fourth-order valence-electron chi connectivity index (χ4n) is 4.57. The molecule has 1 aromatic carbocycles. The molecule has 0 bridgehead atoms. The van der Waals surface area contributed by atoms with E-state index < -0.39 is 0 Å². The Kier molecular flexibility index (Phi) is 4.89. The van der Waals surface area contributed by atoms with E-state index in [4.69, 9.17) is 9.47 Å². The largest absolute Gasteiger partial charge is 0.454 e. The Labute approximate surface area is 171 Å². The summed E-state index contributed by atoms with van der Waals surface area (Å²) in [4.78, 5) is 27.9. The van der Waals surface area contributed by atoms with Crippen LogP contribution in [0.4, 0.5) is 0 Å². The number of nitrogens with zero attached hydrogens (tertiary/aromatic N) is 2. The first-order valence-electron chi connectivity index (χ1n) is 10.1. The molecule has 6 nitrogen and oxygen atoms in total. The van der Waals surface area contributed by atoms with Gasteiger partial charge in [-0.15, -0.1) is 0 Å². The molecule has 1 saturated heterocycles. The van der Waals surface area contributed by atoms with Gasteiger partial charge in [0.05, 0.1) is 0 Å². The molecule has 0 N–H and O–H groups in total. The molecule has 2 aliphatic heterocycles. The van der Waals surface area contributed by atoms with Gasteiger partial charge in [-0.05, 0) is 67.9 Å². The van der Waals surface area contributed by atoms with Crippen molar-refractivity contribution in [2.24, 2.45) is 12.5 Å². The summed E-state index contributed by atoms with van der Waals surface area (Å²) in [7, 11) is 1.72. The lowest BCUT2D eigenvalue weighted by atomic mass is 9.76. The van der Waals surface area contributed by atoms with E-state index in [0.717, 1.165) is 42.0 Å². The molecule has 154 valence electrons. The molecular weight excluding hydrogens is 368 g/mol. The van der Waals surface area contributed by atoms with E-state index in [-0.39, 0.29) is 23.7 Å². The van der Waals surface area contributed by atoms with Crippen LogP contribution in [-0.4, -0.2) is 35.3 Å². The Hall–Kier alpha value is -2.76. The summed E-state index contributed by atoms with van der Waals surface area (Å²) in [6, 6.07) is 7.96. The Balaban J connectivity index is 1.56. The molecule has 2 aliphatic rings. The maximum atomic E-state index is 13.3. The fourth-order valence-corrected chi connectivity index (χ4v) is 4.57. The third kappa shape index (κ3) is 3.63. The molecule has 0 aliphatic carbocycles. The number of hydrogen-bond acceptors (Lipinski definition) is 4. The molecule has 3 heterocycles. The van der Waals surface area contributed by atoms with Crippen molar-refractivity contribution in [3.63, 3.8) is 0 Å². The topological polar surface area (TPSA) is 60.8 Å². The van der Waals surface area contributed by atoms with E-state index >= 15 is 0 Å². The number of pyridine rings is 1. The second-order valence-corrected chi connectivity index (χ2v) is 8.71. The highest BCUT2D eigenvalue weighted by molar-refractivity contribution is 5.95. The van der Waals surface area contributed by atoms with E-state index in [9.17, 15) is 9.59 Å². The standard InChI is InChI=1S/C23H28N2O4/c1-15-10-16(2)24(4)21(26)20(15)22(27)25-9-5-8-23(3,13-25)12-17-6-7-18-19(11-17)29-14-28-18/h6-7,10-11H,5,8-9,12-14H2,1-4H3/t23-/m0/s1. The summed E-state index contributed by atoms with van der Waals surface area (Å²) >= 11 is 0. The van der Waals surface area contributed by atoms with E-state index in [1.165, 1.54) is 5.56 Å². The van der Waals surface area contributed by atoms with E-state index in [1.807, 2.05) is 36.9 Å². The van der Waals surface area contributed by atoms with Crippen LogP contribution in [0.25, 0.3) is 0 Å². The summed E-state index contributed by atoms with van der Waals surface area (Å²) in [5.74, 6) is 1.42. The van der Waals surface area contributed by atoms with Crippen molar-refractivity contribution in [1.29, 1.82) is 0 Å². The van der Waals surface area contributed by atoms with Crippen LogP contribution >= 0.6 is 0 Å². The van der Waals surface area contributed by atoms with Crippen LogP contribution < -0.4 is 15.0 Å². The SMILES string of the molecule is Cc1cc(C)n(C)c(=O)c1C(=O)N1CCC[C@@](C)(Cc2ccc3c(c2)OCO3)C1. The average molecular weight is 396 g/mol. The highest BCUT2D eigenvalue weighted by Crippen LogP contribution is 2.37. The van der Waals surface area contributed by atoms with Crippen molar-refractivity contribution < 1.29 is 14.3 Å². The quantitative estimate of drug-likeness (QED) is 0.799. The smallest absolute Gasteiger partial charge is 0.263 e. The van der Waals surface area contributed by atoms with Gasteiger partial charge in [0.2, 0.25) is 6.79 Å². The number of aryl methyl sites for hydroxylation is 2. The first kappa shape index (κ1) is 19.6. The first-order valence-corrected chi connectivity index (χ1v) is 10.1. The van der Waals surface area contributed by atoms with Gasteiger partial charge in [0.25, 0.3) is 11.5 Å². The molecular formula is C23H28N2O4. The molecule has 1 fully saturated rings. The Bertz CT molecular complexity index is 1030. The van der Waals surface area contributed by atoms with Crippen molar-refractivity contribution in [2.45, 2.75) is 40.0 Å². The molecule has 29 heavy (non-hydrogen) atoms. The lowest BCUT2D eigenvalue weighted by Gasteiger charge is -2.41. The predicted molar refractivity (Wildman–Crippen MR) is 111 cm³/mol. The Morgan fingerprint density at radius 3 is 2.72 bits per heavy atom. The zero-order valence-corrected chi connectivity index (χ0v) is 17.6. The molecule has 0 radical (unpaired) electrons. The first-order chi connectivity index (χ1) is 13.8. The number of carbonyl (C=O) groups is 1. The molecule has 0 spiro atoms. The average Bonchev–Trinajstić information content (AvgIpc) is 3.13. The normalized spacial score (nSPS) is 20.8. The van der Waals surface area contributed by atoms with Crippen LogP contribution in [0.5, 0.6) is 11.5 Å². The van der Waals surface area contributed by atoms with E-state index in [2.05, 4.69) is 13.0 Å². The van der Waals surface area contributed by atoms with Gasteiger partial charge in [-0.1, -0.05) is 13.0 Å². The minimum atomic E-state index is -0.212. The van der Waals surface area contributed by atoms with Crippen LogP contribution in [0.3, 0.4) is 0 Å². The van der Waals surface area contributed by atoms with Gasteiger partial charge in [-0.3, -0.25) is 9.59 Å². The van der Waals surface area contributed by atoms with Crippen molar-refractivity contribution in [3.05, 3.63) is 57.0 Å². The molecule has 0 saturated carbocycles. The van der Waals surface area contributed by atoms with Gasteiger partial charge in [-0.25, -0.2) is 0 Å². The number of fused-ring (bicyclic) bond motifs is 1. The molecule has 1 amide bonds. The molecule has 2 aromatic rings. The number of piperidine rings is 1. The second-order valence-electron chi connectivity index (χ2n) is 8.71. The summed E-state index contributed by atoms with van der Waals surface area (Å²) in [6.45, 7) is 7.53. The van der Waals surface area contributed by atoms with Crippen LogP contribution in [0.2, 0.25) is 0 Å². The summed E-state index contributed by atoms with van der Waals surface area (Å²) < 4.78 is 12.5. The molecule has 6 heteroatoms. The molecule has 1 atom stereocenters. The number of hydrogen-bond donors (Lipinski definition) is 0. The number of benzene rings is 1. The Morgan fingerprint density at radius 1 is 1.17 bits per heavy atom. The number of aromatic nitrogens is 1. The van der Waals surface area contributed by atoms with Gasteiger partial charge < -0.3 is 18.9 Å². The lowest BCUT2D eigenvalue weighted by molar-refractivity contribution is 0.0547. The zero-order chi connectivity index (χ0) is 20.8. The van der Waals surface area contributed by atoms with Crippen molar-refractivity contribution in [2.75, 3.05) is 19.9 Å². The zero-order valence-electron chi connectivity index (χ0n) is 17.6. The maximum absolute atomic E-state index is 13.3. The van der Waals surface area contributed by atoms with Crippen LogP contribution in [0, 0.1) is 19.3 Å². The third-order valence-electron chi connectivity index (χ3n) is 6.22. The van der Waals surface area contributed by atoms with Crippen molar-refractivity contribution >= 4 is 5.91 Å². The predicted octanol–water partition coefficient (Wildman–Crippen LogP) is 3.22. The van der Waals surface area contributed by atoms with Gasteiger partial charge in [0.1, 0.15) is 5.56 Å². The summed E-state index contributed by atoms with van der Waals surface area (Å²) in [6.07, 6.45) is 2.81. The summed E-state index contributed by atoms with van der Waals surface area (Å²) in [5.41, 5.74) is 2.81. The lowest BCUT2D eigenvalue weighted by Crippen LogP contribution is -2.47. The van der Waals surface area contributed by atoms with E-state index in [0.29, 0.717) is 18.7 Å². The van der Waals surface area contributed by atoms with Gasteiger partial charge in [-0.2, -0.15) is 0 Å². The van der Waals surface area contributed by atoms with Gasteiger partial charge in [0.15, 0.2) is 11.5 Å². The fraction of sp³-hybridized carbons (Fsp3) is 0.478.